The Morgan fingerprint density at radius 2 is 0.930 bits per heavy atom. The molecule has 2 heteroatoms. The van der Waals surface area contributed by atoms with Crippen molar-refractivity contribution < 1.29 is 0 Å². The Kier molecular flexibility index (Phi) is 5.23. The first kappa shape index (κ1) is 23.9. The highest BCUT2D eigenvalue weighted by atomic mass is 15.0. The molecule has 9 aromatic rings. The average Bonchev–Trinajstić information content (AvgIpc) is 3.48. The zero-order chi connectivity index (χ0) is 28.3. The van der Waals surface area contributed by atoms with E-state index < -0.39 is 0 Å². The lowest BCUT2D eigenvalue weighted by molar-refractivity contribution is 1.31. The van der Waals surface area contributed by atoms with Crippen LogP contribution in [-0.2, 0) is 0 Å². The van der Waals surface area contributed by atoms with Gasteiger partial charge in [-0.15, -0.1) is 0 Å². The van der Waals surface area contributed by atoms with Gasteiger partial charge in [-0.25, -0.2) is 4.98 Å². The molecule has 0 N–H and O–H groups in total. The van der Waals surface area contributed by atoms with Crippen LogP contribution >= 0.6 is 0 Å². The van der Waals surface area contributed by atoms with Gasteiger partial charge in [0, 0.05) is 10.8 Å². The minimum atomic E-state index is 0.996. The van der Waals surface area contributed by atoms with Crippen LogP contribution in [-0.4, -0.2) is 9.38 Å². The first-order valence-electron chi connectivity index (χ1n) is 14.7. The van der Waals surface area contributed by atoms with Gasteiger partial charge in [-0.2, -0.15) is 0 Å². The molecule has 0 aliphatic carbocycles. The minimum Gasteiger partial charge on any atom is -0.292 e. The molecule has 7 aromatic carbocycles. The Bertz CT molecular complexity index is 2490. The van der Waals surface area contributed by atoms with E-state index in [2.05, 4.69) is 162 Å². The van der Waals surface area contributed by atoms with Crippen LogP contribution in [0.5, 0.6) is 0 Å². The third kappa shape index (κ3) is 3.84. The van der Waals surface area contributed by atoms with Gasteiger partial charge in [0.05, 0.1) is 16.6 Å². The van der Waals surface area contributed by atoms with E-state index in [9.17, 15) is 0 Å². The van der Waals surface area contributed by atoms with E-state index in [4.69, 9.17) is 4.98 Å². The summed E-state index contributed by atoms with van der Waals surface area (Å²) < 4.78 is 2.32. The van der Waals surface area contributed by atoms with Crippen LogP contribution < -0.4 is 0 Å². The van der Waals surface area contributed by atoms with E-state index in [-0.39, 0.29) is 0 Å². The molecule has 200 valence electrons. The highest BCUT2D eigenvalue weighted by molar-refractivity contribution is 6.15. The number of imidazole rings is 1. The maximum Gasteiger partial charge on any atom is 0.146 e. The average molecular weight is 547 g/mol. The summed E-state index contributed by atoms with van der Waals surface area (Å²) >= 11 is 0. The monoisotopic (exact) mass is 546 g/mol. The molecule has 2 aromatic heterocycles. The zero-order valence-electron chi connectivity index (χ0n) is 23.4. The van der Waals surface area contributed by atoms with Crippen molar-refractivity contribution in [2.75, 3.05) is 0 Å². The second-order valence-electron chi connectivity index (χ2n) is 11.3. The molecule has 0 radical (unpaired) electrons. The fourth-order valence-corrected chi connectivity index (χ4v) is 6.57. The molecule has 0 aliphatic rings. The van der Waals surface area contributed by atoms with Crippen LogP contribution in [0, 0.1) is 0 Å². The SMILES string of the molecule is c1ccc(-c2ccc3c(c2)c2cc(-c4ccc(-c5ccc6ccccc6c5)cc4)ccc2n2c4ccccc4nc32)cc1. The van der Waals surface area contributed by atoms with E-state index in [1.165, 1.54) is 54.9 Å². The Labute approximate surface area is 249 Å². The molecule has 43 heavy (non-hydrogen) atoms. The number of hydrogen-bond acceptors (Lipinski definition) is 1. The second kappa shape index (κ2) is 9.40. The van der Waals surface area contributed by atoms with Crippen LogP contribution in [0.4, 0.5) is 0 Å². The van der Waals surface area contributed by atoms with Gasteiger partial charge in [0.2, 0.25) is 0 Å². The predicted octanol–water partition coefficient (Wildman–Crippen LogP) is 10.9. The van der Waals surface area contributed by atoms with Crippen molar-refractivity contribution in [2.24, 2.45) is 0 Å². The summed E-state index contributed by atoms with van der Waals surface area (Å²) in [5, 5.41) is 6.13. The zero-order valence-corrected chi connectivity index (χ0v) is 23.4. The first-order valence-corrected chi connectivity index (χ1v) is 14.7. The second-order valence-corrected chi connectivity index (χ2v) is 11.3. The van der Waals surface area contributed by atoms with E-state index in [1.807, 2.05) is 0 Å². The van der Waals surface area contributed by atoms with Gasteiger partial charge < -0.3 is 0 Å². The molecule has 0 aliphatic heterocycles. The summed E-state index contributed by atoms with van der Waals surface area (Å²) in [5.41, 5.74) is 11.6. The summed E-state index contributed by atoms with van der Waals surface area (Å²) in [7, 11) is 0. The Hall–Kier alpha value is -5.73. The molecular formula is C41H26N2. The molecule has 0 unspecified atom stereocenters. The fraction of sp³-hybridized carbons (Fsp3) is 0. The molecule has 2 nitrogen and oxygen atoms in total. The molecule has 0 spiro atoms. The van der Waals surface area contributed by atoms with Crippen molar-refractivity contribution in [1.29, 1.82) is 0 Å². The molecule has 2 heterocycles. The van der Waals surface area contributed by atoms with Crippen molar-refractivity contribution in [3.63, 3.8) is 0 Å². The molecule has 0 fully saturated rings. The van der Waals surface area contributed by atoms with Crippen molar-refractivity contribution in [3.8, 4) is 33.4 Å². The maximum atomic E-state index is 5.10. The number of rotatable bonds is 3. The van der Waals surface area contributed by atoms with E-state index in [1.54, 1.807) is 0 Å². The number of hydrogen-bond donors (Lipinski definition) is 0. The normalized spacial score (nSPS) is 11.7. The van der Waals surface area contributed by atoms with Gasteiger partial charge in [-0.05, 0) is 92.0 Å². The number of aromatic nitrogens is 2. The standard InChI is InChI=1S/C41H26N2/c1-2-8-27(9-3-1)33-20-22-35-36(25-33)37-26-34(21-23-39(37)43-40-13-7-6-12-38(40)42-41(35)43)30-16-14-29(15-17-30)32-19-18-28-10-4-5-11-31(28)24-32/h1-26H. The van der Waals surface area contributed by atoms with Gasteiger partial charge >= 0.3 is 0 Å². The van der Waals surface area contributed by atoms with Crippen LogP contribution in [0.1, 0.15) is 0 Å². The quantitative estimate of drug-likeness (QED) is 0.201. The lowest BCUT2D eigenvalue weighted by Crippen LogP contribution is -1.93. The van der Waals surface area contributed by atoms with Crippen LogP contribution in [0.25, 0.3) is 82.5 Å². The number of benzene rings is 7. The van der Waals surface area contributed by atoms with Crippen LogP contribution in [0.2, 0.25) is 0 Å². The molecular weight excluding hydrogens is 520 g/mol. The highest BCUT2D eigenvalue weighted by Crippen LogP contribution is 2.37. The lowest BCUT2D eigenvalue weighted by Gasteiger charge is -2.13. The van der Waals surface area contributed by atoms with Crippen molar-refractivity contribution >= 4 is 49.1 Å². The lowest BCUT2D eigenvalue weighted by atomic mass is 9.95. The van der Waals surface area contributed by atoms with E-state index in [0.717, 1.165) is 27.6 Å². The van der Waals surface area contributed by atoms with Crippen LogP contribution in [0.15, 0.2) is 158 Å². The Morgan fingerprint density at radius 1 is 0.349 bits per heavy atom. The van der Waals surface area contributed by atoms with Crippen molar-refractivity contribution in [2.45, 2.75) is 0 Å². The molecule has 0 amide bonds. The number of para-hydroxylation sites is 2. The van der Waals surface area contributed by atoms with E-state index in [0.29, 0.717) is 0 Å². The summed E-state index contributed by atoms with van der Waals surface area (Å²) in [4.78, 5) is 5.10. The predicted molar refractivity (Wildman–Crippen MR) is 182 cm³/mol. The number of pyridine rings is 1. The number of nitrogens with zero attached hydrogens (tertiary/aromatic N) is 2. The molecule has 0 bridgehead atoms. The Balaban J connectivity index is 1.24. The van der Waals surface area contributed by atoms with Gasteiger partial charge in [-0.1, -0.05) is 115 Å². The molecule has 0 saturated heterocycles. The maximum absolute atomic E-state index is 5.10. The summed E-state index contributed by atoms with van der Waals surface area (Å²) in [6.45, 7) is 0. The smallest absolute Gasteiger partial charge is 0.146 e. The molecule has 0 saturated carbocycles. The topological polar surface area (TPSA) is 17.3 Å². The van der Waals surface area contributed by atoms with E-state index >= 15 is 0 Å². The number of fused-ring (bicyclic) bond motifs is 9. The fourth-order valence-electron chi connectivity index (χ4n) is 6.57. The van der Waals surface area contributed by atoms with Gasteiger partial charge in [0.1, 0.15) is 5.65 Å². The highest BCUT2D eigenvalue weighted by Gasteiger charge is 2.15. The summed E-state index contributed by atoms with van der Waals surface area (Å²) in [5.74, 6) is 0. The minimum absolute atomic E-state index is 0.996. The third-order valence-electron chi connectivity index (χ3n) is 8.76. The van der Waals surface area contributed by atoms with Gasteiger partial charge in [-0.3, -0.25) is 4.40 Å². The molecule has 9 rings (SSSR count). The summed E-state index contributed by atoms with van der Waals surface area (Å²) in [6.07, 6.45) is 0. The third-order valence-corrected chi connectivity index (χ3v) is 8.76. The first-order chi connectivity index (χ1) is 21.3. The van der Waals surface area contributed by atoms with Crippen molar-refractivity contribution in [1.82, 2.24) is 9.38 Å². The van der Waals surface area contributed by atoms with Crippen molar-refractivity contribution in [3.05, 3.63) is 158 Å². The van der Waals surface area contributed by atoms with Gasteiger partial charge in [0.25, 0.3) is 0 Å². The summed E-state index contributed by atoms with van der Waals surface area (Å²) in [6, 6.07) is 56.9. The molecule has 0 atom stereocenters. The Morgan fingerprint density at radius 3 is 1.74 bits per heavy atom. The largest absolute Gasteiger partial charge is 0.292 e. The van der Waals surface area contributed by atoms with Crippen LogP contribution in [0.3, 0.4) is 0 Å². The van der Waals surface area contributed by atoms with Gasteiger partial charge in [0.15, 0.2) is 0 Å².